The molecule has 6 heteroatoms. The fourth-order valence-electron chi connectivity index (χ4n) is 2.12. The van der Waals surface area contributed by atoms with Crippen molar-refractivity contribution >= 4 is 33.4 Å². The lowest BCUT2D eigenvalue weighted by Crippen LogP contribution is -2.35. The van der Waals surface area contributed by atoms with E-state index < -0.39 is 5.97 Å². The molecule has 0 aliphatic carbocycles. The average molecular weight is 306 g/mol. The minimum Gasteiger partial charge on any atom is -0.480 e. The lowest BCUT2D eigenvalue weighted by atomic mass is 10.2. The third-order valence-electron chi connectivity index (χ3n) is 3.18. The Morgan fingerprint density at radius 3 is 2.76 bits per heavy atom. The van der Waals surface area contributed by atoms with Crippen LogP contribution in [0.1, 0.15) is 24.8 Å². The Balaban J connectivity index is 1.85. The van der Waals surface area contributed by atoms with E-state index in [1.807, 2.05) is 24.3 Å². The highest BCUT2D eigenvalue weighted by Gasteiger charge is 2.14. The SMILES string of the molecule is CCN(CC(=O)O)C(=O)CCCc1nc2ccccc2s1. The fraction of sp³-hybridized carbons (Fsp3) is 0.400. The quantitative estimate of drug-likeness (QED) is 0.853. The zero-order valence-electron chi connectivity index (χ0n) is 11.9. The maximum absolute atomic E-state index is 11.9. The lowest BCUT2D eigenvalue weighted by molar-refractivity contribution is -0.144. The largest absolute Gasteiger partial charge is 0.480 e. The Bertz CT molecular complexity index is 606. The predicted molar refractivity (Wildman–Crippen MR) is 82.4 cm³/mol. The maximum Gasteiger partial charge on any atom is 0.323 e. The molecule has 0 radical (unpaired) electrons. The zero-order valence-corrected chi connectivity index (χ0v) is 12.7. The first-order valence-corrected chi connectivity index (χ1v) is 7.75. The number of carboxylic acids is 1. The summed E-state index contributed by atoms with van der Waals surface area (Å²) in [4.78, 5) is 28.5. The number of thiazole rings is 1. The van der Waals surface area contributed by atoms with E-state index >= 15 is 0 Å². The maximum atomic E-state index is 11.9. The van der Waals surface area contributed by atoms with Crippen LogP contribution in [-0.2, 0) is 16.0 Å². The summed E-state index contributed by atoms with van der Waals surface area (Å²) in [6.45, 7) is 1.98. The Morgan fingerprint density at radius 2 is 2.10 bits per heavy atom. The smallest absolute Gasteiger partial charge is 0.323 e. The zero-order chi connectivity index (χ0) is 15.2. The summed E-state index contributed by atoms with van der Waals surface area (Å²) >= 11 is 1.64. The van der Waals surface area contributed by atoms with Crippen LogP contribution in [-0.4, -0.2) is 40.0 Å². The molecule has 0 aliphatic rings. The molecular weight excluding hydrogens is 288 g/mol. The number of rotatable bonds is 7. The molecule has 112 valence electrons. The van der Waals surface area contributed by atoms with Gasteiger partial charge in [-0.2, -0.15) is 0 Å². The normalized spacial score (nSPS) is 10.7. The van der Waals surface area contributed by atoms with Gasteiger partial charge in [0, 0.05) is 13.0 Å². The van der Waals surface area contributed by atoms with Crippen molar-refractivity contribution in [2.75, 3.05) is 13.1 Å². The van der Waals surface area contributed by atoms with E-state index in [1.165, 1.54) is 4.90 Å². The number of carboxylic acid groups (broad SMARTS) is 1. The molecule has 1 aromatic carbocycles. The van der Waals surface area contributed by atoms with Gasteiger partial charge in [0.2, 0.25) is 5.91 Å². The number of carbonyl (C=O) groups excluding carboxylic acids is 1. The molecule has 0 saturated carbocycles. The summed E-state index contributed by atoms with van der Waals surface area (Å²) < 4.78 is 1.15. The number of aliphatic carboxylic acids is 1. The molecule has 5 nitrogen and oxygen atoms in total. The van der Waals surface area contributed by atoms with Gasteiger partial charge in [-0.25, -0.2) is 4.98 Å². The van der Waals surface area contributed by atoms with Crippen molar-refractivity contribution in [2.24, 2.45) is 0 Å². The molecule has 1 heterocycles. The van der Waals surface area contributed by atoms with Crippen LogP contribution in [0.4, 0.5) is 0 Å². The Kier molecular flexibility index (Phi) is 5.27. The summed E-state index contributed by atoms with van der Waals surface area (Å²) in [7, 11) is 0. The van der Waals surface area contributed by atoms with Crippen molar-refractivity contribution < 1.29 is 14.7 Å². The monoisotopic (exact) mass is 306 g/mol. The molecule has 2 rings (SSSR count). The van der Waals surface area contributed by atoms with E-state index in [1.54, 1.807) is 18.3 Å². The first-order chi connectivity index (χ1) is 10.1. The van der Waals surface area contributed by atoms with Crippen molar-refractivity contribution in [3.8, 4) is 0 Å². The van der Waals surface area contributed by atoms with Crippen LogP contribution < -0.4 is 0 Å². The first-order valence-electron chi connectivity index (χ1n) is 6.94. The topological polar surface area (TPSA) is 70.5 Å². The number of carbonyl (C=O) groups is 2. The van der Waals surface area contributed by atoms with Crippen LogP contribution in [0.25, 0.3) is 10.2 Å². The van der Waals surface area contributed by atoms with Crippen molar-refractivity contribution in [2.45, 2.75) is 26.2 Å². The van der Waals surface area contributed by atoms with Crippen molar-refractivity contribution in [3.63, 3.8) is 0 Å². The van der Waals surface area contributed by atoms with Gasteiger partial charge in [0.05, 0.1) is 15.2 Å². The Morgan fingerprint density at radius 1 is 1.33 bits per heavy atom. The molecule has 21 heavy (non-hydrogen) atoms. The van der Waals surface area contributed by atoms with E-state index in [2.05, 4.69) is 4.98 Å². The van der Waals surface area contributed by atoms with Gasteiger partial charge in [0.1, 0.15) is 6.54 Å². The highest BCUT2D eigenvalue weighted by atomic mass is 32.1. The van der Waals surface area contributed by atoms with Gasteiger partial charge in [-0.15, -0.1) is 11.3 Å². The van der Waals surface area contributed by atoms with Crippen LogP contribution in [0.2, 0.25) is 0 Å². The summed E-state index contributed by atoms with van der Waals surface area (Å²) in [6, 6.07) is 7.96. The number of hydrogen-bond donors (Lipinski definition) is 1. The van der Waals surface area contributed by atoms with Gasteiger partial charge in [0.25, 0.3) is 0 Å². The minimum absolute atomic E-state index is 0.110. The molecule has 0 bridgehead atoms. The molecule has 2 aromatic rings. The molecule has 1 N–H and O–H groups in total. The molecule has 0 atom stereocenters. The first kappa shape index (κ1) is 15.4. The van der Waals surface area contributed by atoms with Crippen molar-refractivity contribution in [3.05, 3.63) is 29.3 Å². The van der Waals surface area contributed by atoms with Gasteiger partial charge in [0.15, 0.2) is 0 Å². The number of benzene rings is 1. The number of aryl methyl sites for hydroxylation is 1. The fourth-order valence-corrected chi connectivity index (χ4v) is 3.12. The molecule has 0 unspecified atom stereocenters. The number of hydrogen-bond acceptors (Lipinski definition) is 4. The van der Waals surface area contributed by atoms with Gasteiger partial charge >= 0.3 is 5.97 Å². The second kappa shape index (κ2) is 7.17. The van der Waals surface area contributed by atoms with Gasteiger partial charge in [-0.3, -0.25) is 9.59 Å². The molecular formula is C15H18N2O3S. The Hall–Kier alpha value is -1.95. The summed E-state index contributed by atoms with van der Waals surface area (Å²) in [5.74, 6) is -1.09. The number of aromatic nitrogens is 1. The van der Waals surface area contributed by atoms with Crippen LogP contribution in [0.5, 0.6) is 0 Å². The third kappa shape index (κ3) is 4.26. The highest BCUT2D eigenvalue weighted by molar-refractivity contribution is 7.18. The second-order valence-corrected chi connectivity index (χ2v) is 5.85. The van der Waals surface area contributed by atoms with Crippen LogP contribution in [0, 0.1) is 0 Å². The van der Waals surface area contributed by atoms with E-state index in [0.717, 1.165) is 21.6 Å². The summed E-state index contributed by atoms with van der Waals surface area (Å²) in [5, 5.41) is 9.76. The number of para-hydroxylation sites is 1. The van der Waals surface area contributed by atoms with Crippen molar-refractivity contribution in [1.82, 2.24) is 9.88 Å². The standard InChI is InChI=1S/C15H18N2O3S/c1-2-17(10-15(19)20)14(18)9-5-8-13-16-11-6-3-4-7-12(11)21-13/h3-4,6-7H,2,5,8-10H2,1H3,(H,19,20). The highest BCUT2D eigenvalue weighted by Crippen LogP contribution is 2.22. The van der Waals surface area contributed by atoms with E-state index in [4.69, 9.17) is 5.11 Å². The summed E-state index contributed by atoms with van der Waals surface area (Å²) in [6.07, 6.45) is 1.79. The average Bonchev–Trinajstić information content (AvgIpc) is 2.86. The van der Waals surface area contributed by atoms with E-state index in [-0.39, 0.29) is 12.5 Å². The van der Waals surface area contributed by atoms with Crippen LogP contribution in [0.15, 0.2) is 24.3 Å². The van der Waals surface area contributed by atoms with Crippen molar-refractivity contribution in [1.29, 1.82) is 0 Å². The third-order valence-corrected chi connectivity index (χ3v) is 4.28. The lowest BCUT2D eigenvalue weighted by Gasteiger charge is -2.18. The van der Waals surface area contributed by atoms with Gasteiger partial charge < -0.3 is 10.0 Å². The van der Waals surface area contributed by atoms with Crippen LogP contribution >= 0.6 is 11.3 Å². The summed E-state index contributed by atoms with van der Waals surface area (Å²) in [5.41, 5.74) is 0.991. The van der Waals surface area contributed by atoms with Crippen LogP contribution in [0.3, 0.4) is 0 Å². The predicted octanol–water partition coefficient (Wildman–Crippen LogP) is 2.55. The number of likely N-dealkylation sites (N-methyl/N-ethyl adjacent to an activating group) is 1. The molecule has 0 aliphatic heterocycles. The molecule has 0 fully saturated rings. The molecule has 1 aromatic heterocycles. The van der Waals surface area contributed by atoms with Gasteiger partial charge in [-0.1, -0.05) is 12.1 Å². The number of fused-ring (bicyclic) bond motifs is 1. The number of nitrogens with zero attached hydrogens (tertiary/aromatic N) is 2. The Labute approximate surface area is 127 Å². The van der Waals surface area contributed by atoms with E-state index in [0.29, 0.717) is 19.4 Å². The number of amides is 1. The van der Waals surface area contributed by atoms with Gasteiger partial charge in [-0.05, 0) is 31.9 Å². The molecule has 0 saturated heterocycles. The molecule has 0 spiro atoms. The minimum atomic E-state index is -0.976. The molecule has 1 amide bonds. The second-order valence-electron chi connectivity index (χ2n) is 4.73. The van der Waals surface area contributed by atoms with E-state index in [9.17, 15) is 9.59 Å².